The van der Waals surface area contributed by atoms with Crippen LogP contribution in [0.1, 0.15) is 40.9 Å². The topological polar surface area (TPSA) is 113 Å². The van der Waals surface area contributed by atoms with Crippen molar-refractivity contribution in [2.45, 2.75) is 44.4 Å². The van der Waals surface area contributed by atoms with Crippen LogP contribution in [0.4, 0.5) is 11.4 Å². The first kappa shape index (κ1) is 27.4. The van der Waals surface area contributed by atoms with Gasteiger partial charge in [0.25, 0.3) is 15.9 Å². The van der Waals surface area contributed by atoms with Gasteiger partial charge in [0.1, 0.15) is 0 Å². The summed E-state index contributed by atoms with van der Waals surface area (Å²) in [5, 5.41) is 2.69. The molecule has 0 bridgehead atoms. The van der Waals surface area contributed by atoms with Crippen molar-refractivity contribution >= 4 is 37.3 Å². The second-order valence-corrected chi connectivity index (χ2v) is 12.1. The van der Waals surface area contributed by atoms with Crippen molar-refractivity contribution in [1.29, 1.82) is 0 Å². The minimum atomic E-state index is -3.94. The van der Waals surface area contributed by atoms with Crippen molar-refractivity contribution in [3.63, 3.8) is 0 Å². The summed E-state index contributed by atoms with van der Waals surface area (Å²) in [6.07, 6.45) is 0. The third kappa shape index (κ3) is 5.95. The molecule has 8 nitrogen and oxygen atoms in total. The lowest BCUT2D eigenvalue weighted by Crippen LogP contribution is -2.30. The summed E-state index contributed by atoms with van der Waals surface area (Å²) < 4.78 is 55.5. The Kier molecular flexibility index (Phi) is 8.22. The smallest absolute Gasteiger partial charge is 0.262 e. The highest BCUT2D eigenvalue weighted by Gasteiger charge is 2.22. The second-order valence-electron chi connectivity index (χ2n) is 8.47. The Hall–Kier alpha value is -3.21. The van der Waals surface area contributed by atoms with Crippen molar-refractivity contribution in [2.24, 2.45) is 0 Å². The quantitative estimate of drug-likeness (QED) is 0.417. The number of carbonyl (C=O) groups is 1. The van der Waals surface area contributed by atoms with E-state index in [-0.39, 0.29) is 15.4 Å². The molecule has 1 amide bonds. The zero-order valence-corrected chi connectivity index (χ0v) is 22.6. The summed E-state index contributed by atoms with van der Waals surface area (Å²) in [7, 11) is -7.55. The van der Waals surface area contributed by atoms with Crippen LogP contribution in [0.15, 0.2) is 70.5 Å². The third-order valence-electron chi connectivity index (χ3n) is 5.82. The molecular formula is C26H31N3O5S2. The van der Waals surface area contributed by atoms with E-state index in [9.17, 15) is 21.6 Å². The molecule has 0 saturated carbocycles. The Morgan fingerprint density at radius 3 is 2.03 bits per heavy atom. The third-order valence-corrected chi connectivity index (χ3v) is 9.39. The van der Waals surface area contributed by atoms with Gasteiger partial charge in [0.05, 0.1) is 15.5 Å². The molecule has 2 N–H and O–H groups in total. The minimum absolute atomic E-state index is 0.00390. The van der Waals surface area contributed by atoms with Crippen molar-refractivity contribution in [1.82, 2.24) is 4.31 Å². The molecule has 0 atom stereocenters. The number of nitrogens with zero attached hydrogens (tertiary/aromatic N) is 1. The molecule has 192 valence electrons. The van der Waals surface area contributed by atoms with Gasteiger partial charge in [-0.05, 0) is 74.4 Å². The van der Waals surface area contributed by atoms with Gasteiger partial charge in [-0.25, -0.2) is 16.8 Å². The first-order valence-corrected chi connectivity index (χ1v) is 14.4. The van der Waals surface area contributed by atoms with Gasteiger partial charge in [0.2, 0.25) is 10.0 Å². The molecule has 10 heteroatoms. The molecule has 0 fully saturated rings. The first-order valence-electron chi connectivity index (χ1n) is 11.5. The molecule has 0 unspecified atom stereocenters. The fourth-order valence-electron chi connectivity index (χ4n) is 3.78. The van der Waals surface area contributed by atoms with E-state index >= 15 is 0 Å². The highest BCUT2D eigenvalue weighted by atomic mass is 32.2. The summed E-state index contributed by atoms with van der Waals surface area (Å²) in [5.41, 5.74) is 3.31. The maximum Gasteiger partial charge on any atom is 0.262 e. The molecule has 3 aromatic carbocycles. The Balaban J connectivity index is 1.83. The number of nitrogens with one attached hydrogen (secondary N) is 2. The Labute approximate surface area is 213 Å². The average molecular weight is 530 g/mol. The zero-order valence-electron chi connectivity index (χ0n) is 21.0. The maximum absolute atomic E-state index is 13.1. The van der Waals surface area contributed by atoms with Gasteiger partial charge >= 0.3 is 0 Å². The van der Waals surface area contributed by atoms with Crippen molar-refractivity contribution in [3.05, 3.63) is 82.9 Å². The van der Waals surface area contributed by atoms with Gasteiger partial charge in [0.15, 0.2) is 0 Å². The number of anilines is 2. The molecule has 3 aromatic rings. The van der Waals surface area contributed by atoms with E-state index < -0.39 is 26.0 Å². The molecular weight excluding hydrogens is 498 g/mol. The Morgan fingerprint density at radius 2 is 1.44 bits per heavy atom. The standard InChI is InChI=1S/C26H31N3O5S2/c1-6-29(7-2)36(33,34)23-13-11-22(12-14-23)27-26(30)21-10-9-19(4)25(17-21)35(31,32)28-24-15-8-18(3)16-20(24)5/h8-17,28H,6-7H2,1-5H3,(H,27,30). The lowest BCUT2D eigenvalue weighted by molar-refractivity contribution is 0.102. The van der Waals surface area contributed by atoms with Crippen LogP contribution in [0.2, 0.25) is 0 Å². The lowest BCUT2D eigenvalue weighted by Gasteiger charge is -2.18. The van der Waals surface area contributed by atoms with E-state index in [2.05, 4.69) is 10.0 Å². The molecule has 36 heavy (non-hydrogen) atoms. The number of aryl methyl sites for hydroxylation is 3. The van der Waals surface area contributed by atoms with E-state index in [0.717, 1.165) is 11.1 Å². The van der Waals surface area contributed by atoms with Crippen LogP contribution in [0.5, 0.6) is 0 Å². The average Bonchev–Trinajstić information content (AvgIpc) is 2.82. The monoisotopic (exact) mass is 529 g/mol. The molecule has 0 aliphatic carbocycles. The van der Waals surface area contributed by atoms with Gasteiger partial charge < -0.3 is 5.32 Å². The summed E-state index contributed by atoms with van der Waals surface area (Å²) >= 11 is 0. The van der Waals surface area contributed by atoms with E-state index in [1.54, 1.807) is 39.0 Å². The molecule has 0 heterocycles. The number of amides is 1. The highest BCUT2D eigenvalue weighted by molar-refractivity contribution is 7.92. The summed E-state index contributed by atoms with van der Waals surface area (Å²) in [5.74, 6) is -0.516. The van der Waals surface area contributed by atoms with E-state index in [1.807, 2.05) is 26.0 Å². The van der Waals surface area contributed by atoms with Crippen molar-refractivity contribution in [3.8, 4) is 0 Å². The van der Waals surface area contributed by atoms with Crippen LogP contribution >= 0.6 is 0 Å². The van der Waals surface area contributed by atoms with Gasteiger partial charge in [0, 0.05) is 24.3 Å². The predicted molar refractivity (Wildman–Crippen MR) is 142 cm³/mol. The van der Waals surface area contributed by atoms with Crippen LogP contribution in [0, 0.1) is 20.8 Å². The maximum atomic E-state index is 13.1. The first-order chi connectivity index (χ1) is 16.9. The van der Waals surface area contributed by atoms with Gasteiger partial charge in [-0.3, -0.25) is 9.52 Å². The molecule has 0 aliphatic rings. The normalized spacial score (nSPS) is 11.9. The zero-order chi connectivity index (χ0) is 26.7. The summed E-state index contributed by atoms with van der Waals surface area (Å²) in [6, 6.07) is 15.7. The molecule has 0 spiro atoms. The van der Waals surface area contributed by atoms with E-state index in [1.165, 1.54) is 34.6 Å². The Bertz CT molecular complexity index is 1480. The van der Waals surface area contributed by atoms with Crippen molar-refractivity contribution < 1.29 is 21.6 Å². The van der Waals surface area contributed by atoms with E-state index in [0.29, 0.717) is 30.0 Å². The van der Waals surface area contributed by atoms with Crippen LogP contribution in [0.3, 0.4) is 0 Å². The van der Waals surface area contributed by atoms with Gasteiger partial charge in [-0.15, -0.1) is 0 Å². The predicted octanol–water partition coefficient (Wildman–Crippen LogP) is 4.70. The molecule has 0 aromatic heterocycles. The number of rotatable bonds is 9. The fraction of sp³-hybridized carbons (Fsp3) is 0.269. The molecule has 0 aliphatic heterocycles. The van der Waals surface area contributed by atoms with Crippen LogP contribution in [-0.4, -0.2) is 40.1 Å². The fourth-order valence-corrected chi connectivity index (χ4v) is 6.65. The van der Waals surface area contributed by atoms with Crippen molar-refractivity contribution in [2.75, 3.05) is 23.1 Å². The minimum Gasteiger partial charge on any atom is -0.322 e. The molecule has 0 saturated heterocycles. The van der Waals surface area contributed by atoms with E-state index in [4.69, 9.17) is 0 Å². The summed E-state index contributed by atoms with van der Waals surface area (Å²) in [4.78, 5) is 13.0. The van der Waals surface area contributed by atoms with Gasteiger partial charge in [-0.1, -0.05) is 37.6 Å². The number of hydrogen-bond acceptors (Lipinski definition) is 5. The largest absolute Gasteiger partial charge is 0.322 e. The lowest BCUT2D eigenvalue weighted by atomic mass is 10.1. The number of sulfonamides is 2. The Morgan fingerprint density at radius 1 is 0.806 bits per heavy atom. The second kappa shape index (κ2) is 10.8. The van der Waals surface area contributed by atoms with Gasteiger partial charge in [-0.2, -0.15) is 4.31 Å². The summed E-state index contributed by atoms with van der Waals surface area (Å²) in [6.45, 7) is 9.65. The van der Waals surface area contributed by atoms with Crippen LogP contribution < -0.4 is 10.0 Å². The number of carbonyl (C=O) groups excluding carboxylic acids is 1. The SMILES string of the molecule is CCN(CC)S(=O)(=O)c1ccc(NC(=O)c2ccc(C)c(S(=O)(=O)Nc3ccc(C)cc3C)c2)cc1. The van der Waals surface area contributed by atoms with Crippen LogP contribution in [0.25, 0.3) is 0 Å². The highest BCUT2D eigenvalue weighted by Crippen LogP contribution is 2.24. The van der Waals surface area contributed by atoms with Crippen LogP contribution in [-0.2, 0) is 20.0 Å². The number of benzene rings is 3. The number of hydrogen-bond donors (Lipinski definition) is 2. The molecule has 0 radical (unpaired) electrons. The molecule has 3 rings (SSSR count).